The molecule has 20 heavy (non-hydrogen) atoms. The number of likely N-dealkylation sites (tertiary alicyclic amines) is 1. The van der Waals surface area contributed by atoms with Crippen LogP contribution in [0.1, 0.15) is 19.4 Å². The van der Waals surface area contributed by atoms with Crippen molar-refractivity contribution in [3.63, 3.8) is 0 Å². The fraction of sp³-hybridized carbons (Fsp3) is 0.647. The fourth-order valence-electron chi connectivity index (χ4n) is 3.55. The summed E-state index contributed by atoms with van der Waals surface area (Å²) in [4.78, 5) is 5.19. The molecule has 2 aliphatic rings. The lowest BCUT2D eigenvalue weighted by Gasteiger charge is -2.39. The Morgan fingerprint density at radius 2 is 2.00 bits per heavy atom. The van der Waals surface area contributed by atoms with E-state index >= 15 is 0 Å². The smallest absolute Gasteiger partial charge is 0.0870 e. The normalized spacial score (nSPS) is 27.9. The highest BCUT2D eigenvalue weighted by atomic mass is 16.5. The second-order valence-corrected chi connectivity index (χ2v) is 6.30. The number of ether oxygens (including phenoxy) is 1. The van der Waals surface area contributed by atoms with Gasteiger partial charge in [0, 0.05) is 32.2 Å². The molecule has 3 heteroatoms. The standard InChI is InChI=1S/C17H26N2O/c1-14(2)19-10-11-20-17-13-18(12-16(17)19)9-8-15-6-4-3-5-7-15/h3-7,14,16-17H,8-13H2,1-2H3/t16-,17+/m0/s1. The van der Waals surface area contributed by atoms with E-state index in [1.807, 2.05) is 0 Å². The van der Waals surface area contributed by atoms with E-state index in [4.69, 9.17) is 4.74 Å². The number of hydrogen-bond donors (Lipinski definition) is 0. The molecule has 2 atom stereocenters. The monoisotopic (exact) mass is 274 g/mol. The topological polar surface area (TPSA) is 15.7 Å². The van der Waals surface area contributed by atoms with Gasteiger partial charge in [0.25, 0.3) is 0 Å². The van der Waals surface area contributed by atoms with E-state index < -0.39 is 0 Å². The van der Waals surface area contributed by atoms with Gasteiger partial charge in [-0.3, -0.25) is 9.80 Å². The van der Waals surface area contributed by atoms with Gasteiger partial charge in [-0.1, -0.05) is 30.3 Å². The molecule has 0 N–H and O–H groups in total. The van der Waals surface area contributed by atoms with Gasteiger partial charge >= 0.3 is 0 Å². The first-order chi connectivity index (χ1) is 9.74. The molecule has 0 radical (unpaired) electrons. The molecular weight excluding hydrogens is 248 g/mol. The van der Waals surface area contributed by atoms with Crippen LogP contribution in [0.4, 0.5) is 0 Å². The molecular formula is C17H26N2O. The van der Waals surface area contributed by atoms with Crippen molar-refractivity contribution in [3.8, 4) is 0 Å². The van der Waals surface area contributed by atoms with Crippen molar-refractivity contribution in [3.05, 3.63) is 35.9 Å². The summed E-state index contributed by atoms with van der Waals surface area (Å²) in [5.74, 6) is 0. The number of nitrogens with zero attached hydrogens (tertiary/aromatic N) is 2. The Hall–Kier alpha value is -0.900. The highest BCUT2D eigenvalue weighted by molar-refractivity contribution is 5.15. The van der Waals surface area contributed by atoms with Crippen LogP contribution < -0.4 is 0 Å². The summed E-state index contributed by atoms with van der Waals surface area (Å²) in [5, 5.41) is 0. The van der Waals surface area contributed by atoms with E-state index in [0.29, 0.717) is 18.2 Å². The Balaban J connectivity index is 1.56. The van der Waals surface area contributed by atoms with Crippen LogP contribution in [0.15, 0.2) is 30.3 Å². The first kappa shape index (κ1) is 14.1. The van der Waals surface area contributed by atoms with Crippen molar-refractivity contribution < 1.29 is 4.74 Å². The van der Waals surface area contributed by atoms with Gasteiger partial charge in [-0.2, -0.15) is 0 Å². The summed E-state index contributed by atoms with van der Waals surface area (Å²) in [7, 11) is 0. The van der Waals surface area contributed by atoms with Crippen molar-refractivity contribution in [1.29, 1.82) is 0 Å². The lowest BCUT2D eigenvalue weighted by Crippen LogP contribution is -2.53. The maximum Gasteiger partial charge on any atom is 0.0870 e. The van der Waals surface area contributed by atoms with Crippen molar-refractivity contribution in [2.24, 2.45) is 0 Å². The van der Waals surface area contributed by atoms with Gasteiger partial charge in [0.15, 0.2) is 0 Å². The quantitative estimate of drug-likeness (QED) is 0.835. The van der Waals surface area contributed by atoms with Crippen molar-refractivity contribution in [1.82, 2.24) is 9.80 Å². The number of rotatable bonds is 4. The summed E-state index contributed by atoms with van der Waals surface area (Å²) in [5.41, 5.74) is 1.43. The third-order valence-corrected chi connectivity index (χ3v) is 4.64. The molecule has 2 saturated heterocycles. The molecule has 0 aromatic heterocycles. The Bertz CT molecular complexity index is 420. The maximum atomic E-state index is 5.98. The van der Waals surface area contributed by atoms with E-state index in [0.717, 1.165) is 39.2 Å². The molecule has 0 spiro atoms. The average Bonchev–Trinajstić information content (AvgIpc) is 2.88. The largest absolute Gasteiger partial charge is 0.374 e. The fourth-order valence-corrected chi connectivity index (χ4v) is 3.55. The predicted molar refractivity (Wildman–Crippen MR) is 82.0 cm³/mol. The van der Waals surface area contributed by atoms with Crippen LogP contribution in [0.5, 0.6) is 0 Å². The Morgan fingerprint density at radius 1 is 1.20 bits per heavy atom. The second kappa shape index (κ2) is 6.25. The van der Waals surface area contributed by atoms with Crippen LogP contribution in [-0.2, 0) is 11.2 Å². The zero-order chi connectivity index (χ0) is 13.9. The number of hydrogen-bond acceptors (Lipinski definition) is 3. The minimum Gasteiger partial charge on any atom is -0.374 e. The summed E-state index contributed by atoms with van der Waals surface area (Å²) >= 11 is 0. The highest BCUT2D eigenvalue weighted by Gasteiger charge is 2.40. The third-order valence-electron chi connectivity index (χ3n) is 4.64. The van der Waals surface area contributed by atoms with Crippen LogP contribution in [0.25, 0.3) is 0 Å². The molecule has 110 valence electrons. The van der Waals surface area contributed by atoms with Crippen LogP contribution in [0.2, 0.25) is 0 Å². The van der Waals surface area contributed by atoms with Crippen LogP contribution in [-0.4, -0.2) is 60.8 Å². The van der Waals surface area contributed by atoms with Gasteiger partial charge in [-0.25, -0.2) is 0 Å². The van der Waals surface area contributed by atoms with Gasteiger partial charge in [0.1, 0.15) is 0 Å². The molecule has 1 aromatic rings. The van der Waals surface area contributed by atoms with Gasteiger partial charge in [-0.05, 0) is 25.8 Å². The molecule has 0 amide bonds. The maximum absolute atomic E-state index is 5.98. The minimum absolute atomic E-state index is 0.418. The predicted octanol–water partition coefficient (Wildman–Crippen LogP) is 2.02. The summed E-state index contributed by atoms with van der Waals surface area (Å²) < 4.78 is 5.98. The lowest BCUT2D eigenvalue weighted by atomic mass is 10.1. The van der Waals surface area contributed by atoms with Crippen LogP contribution in [0, 0.1) is 0 Å². The zero-order valence-corrected chi connectivity index (χ0v) is 12.7. The number of morpholine rings is 1. The van der Waals surface area contributed by atoms with Crippen molar-refractivity contribution in [2.75, 3.05) is 32.8 Å². The molecule has 1 aromatic carbocycles. The second-order valence-electron chi connectivity index (χ2n) is 6.30. The van der Waals surface area contributed by atoms with Crippen LogP contribution in [0.3, 0.4) is 0 Å². The molecule has 0 aliphatic carbocycles. The van der Waals surface area contributed by atoms with Crippen molar-refractivity contribution >= 4 is 0 Å². The Labute approximate surface area is 122 Å². The van der Waals surface area contributed by atoms with E-state index in [-0.39, 0.29) is 0 Å². The van der Waals surface area contributed by atoms with Gasteiger partial charge in [0.05, 0.1) is 18.8 Å². The summed E-state index contributed by atoms with van der Waals surface area (Å²) in [6.07, 6.45) is 1.56. The molecule has 2 aliphatic heterocycles. The van der Waals surface area contributed by atoms with Gasteiger partial charge < -0.3 is 4.74 Å². The van der Waals surface area contributed by atoms with Crippen LogP contribution >= 0.6 is 0 Å². The van der Waals surface area contributed by atoms with E-state index in [2.05, 4.69) is 54.0 Å². The first-order valence-corrected chi connectivity index (χ1v) is 7.87. The van der Waals surface area contributed by atoms with E-state index in [1.165, 1.54) is 5.56 Å². The minimum atomic E-state index is 0.418. The molecule has 0 saturated carbocycles. The highest BCUT2D eigenvalue weighted by Crippen LogP contribution is 2.24. The molecule has 0 unspecified atom stereocenters. The van der Waals surface area contributed by atoms with Crippen molar-refractivity contribution in [2.45, 2.75) is 38.5 Å². The Kier molecular flexibility index (Phi) is 4.39. The molecule has 0 bridgehead atoms. The van der Waals surface area contributed by atoms with E-state index in [1.54, 1.807) is 0 Å². The van der Waals surface area contributed by atoms with Gasteiger partial charge in [-0.15, -0.1) is 0 Å². The average molecular weight is 274 g/mol. The molecule has 2 heterocycles. The molecule has 2 fully saturated rings. The van der Waals surface area contributed by atoms with E-state index in [9.17, 15) is 0 Å². The first-order valence-electron chi connectivity index (χ1n) is 7.87. The number of benzene rings is 1. The summed E-state index contributed by atoms with van der Waals surface area (Å²) in [6.45, 7) is 9.99. The molecule has 3 nitrogen and oxygen atoms in total. The zero-order valence-electron chi connectivity index (χ0n) is 12.7. The number of fused-ring (bicyclic) bond motifs is 1. The lowest BCUT2D eigenvalue weighted by molar-refractivity contribution is -0.0583. The summed E-state index contributed by atoms with van der Waals surface area (Å²) in [6, 6.07) is 12.0. The molecule has 3 rings (SSSR count). The third kappa shape index (κ3) is 3.05. The Morgan fingerprint density at radius 3 is 2.75 bits per heavy atom. The van der Waals surface area contributed by atoms with Gasteiger partial charge in [0.2, 0.25) is 0 Å². The SMILES string of the molecule is CC(C)N1CCO[C@@H]2CN(CCc3ccccc3)C[C@@H]21.